The smallest absolute Gasteiger partial charge is 0.406 e. The molecule has 0 fully saturated rings. The van der Waals surface area contributed by atoms with Crippen molar-refractivity contribution in [3.8, 4) is 5.75 Å². The molecule has 2 aromatic rings. The molecule has 106 valence electrons. The van der Waals surface area contributed by atoms with E-state index < -0.39 is 6.36 Å². The average molecular weight is 282 g/mol. The van der Waals surface area contributed by atoms with E-state index in [4.69, 9.17) is 5.73 Å². The van der Waals surface area contributed by atoms with Crippen molar-refractivity contribution in [2.45, 2.75) is 13.3 Å². The lowest BCUT2D eigenvalue weighted by molar-refractivity contribution is -0.274. The molecule has 0 heterocycles. The number of nitrogens with two attached hydrogens (primary N) is 1. The first-order valence-electron chi connectivity index (χ1n) is 5.82. The molecule has 0 aliphatic rings. The summed E-state index contributed by atoms with van der Waals surface area (Å²) in [6.45, 7) is 1.88. The van der Waals surface area contributed by atoms with Gasteiger partial charge in [-0.25, -0.2) is 0 Å². The monoisotopic (exact) mass is 282 g/mol. The molecule has 0 saturated carbocycles. The lowest BCUT2D eigenvalue weighted by Gasteiger charge is -2.11. The summed E-state index contributed by atoms with van der Waals surface area (Å²) in [5, 5.41) is 3.07. The van der Waals surface area contributed by atoms with Crippen LogP contribution in [0.1, 0.15) is 5.56 Å². The summed E-state index contributed by atoms with van der Waals surface area (Å²) in [4.78, 5) is 0. The summed E-state index contributed by atoms with van der Waals surface area (Å²) < 4.78 is 39.9. The lowest BCUT2D eigenvalue weighted by Crippen LogP contribution is -2.16. The summed E-state index contributed by atoms with van der Waals surface area (Å²) in [5.41, 5.74) is 8.78. The van der Waals surface area contributed by atoms with Gasteiger partial charge in [-0.2, -0.15) is 0 Å². The van der Waals surface area contributed by atoms with Crippen LogP contribution in [0.4, 0.5) is 30.2 Å². The summed E-state index contributed by atoms with van der Waals surface area (Å²) in [6, 6.07) is 10.9. The van der Waals surface area contributed by atoms with Gasteiger partial charge in [-0.3, -0.25) is 0 Å². The van der Waals surface area contributed by atoms with E-state index in [-0.39, 0.29) is 5.75 Å². The molecule has 0 spiro atoms. The highest BCUT2D eigenvalue weighted by atomic mass is 19.4. The van der Waals surface area contributed by atoms with E-state index in [1.165, 1.54) is 24.3 Å². The van der Waals surface area contributed by atoms with Crippen molar-refractivity contribution < 1.29 is 17.9 Å². The molecule has 0 bridgehead atoms. The van der Waals surface area contributed by atoms with E-state index in [9.17, 15) is 13.2 Å². The molecule has 2 aromatic carbocycles. The molecule has 0 saturated heterocycles. The van der Waals surface area contributed by atoms with E-state index in [1.807, 2.05) is 13.0 Å². The first-order valence-corrected chi connectivity index (χ1v) is 5.82. The zero-order valence-electron chi connectivity index (χ0n) is 10.7. The minimum atomic E-state index is -4.68. The second-order valence-electron chi connectivity index (χ2n) is 4.27. The van der Waals surface area contributed by atoms with Gasteiger partial charge in [0.1, 0.15) is 5.75 Å². The maximum absolute atomic E-state index is 12.0. The number of nitrogens with one attached hydrogen (secondary N) is 1. The predicted molar refractivity (Wildman–Crippen MR) is 72.0 cm³/mol. The van der Waals surface area contributed by atoms with Gasteiger partial charge < -0.3 is 15.8 Å². The van der Waals surface area contributed by atoms with Crippen LogP contribution in [0.25, 0.3) is 0 Å². The van der Waals surface area contributed by atoms with Gasteiger partial charge in [0.2, 0.25) is 0 Å². The van der Waals surface area contributed by atoms with Gasteiger partial charge in [0.25, 0.3) is 0 Å². The van der Waals surface area contributed by atoms with Crippen molar-refractivity contribution in [2.24, 2.45) is 0 Å². The number of hydrogen-bond donors (Lipinski definition) is 2. The molecule has 6 heteroatoms. The van der Waals surface area contributed by atoms with Crippen molar-refractivity contribution >= 4 is 17.1 Å². The molecule has 0 unspecified atom stereocenters. The number of benzene rings is 2. The zero-order valence-corrected chi connectivity index (χ0v) is 10.7. The highest BCUT2D eigenvalue weighted by molar-refractivity contribution is 5.64. The molecule has 0 aromatic heterocycles. The van der Waals surface area contributed by atoms with E-state index in [2.05, 4.69) is 10.1 Å². The molecule has 0 atom stereocenters. The Morgan fingerprint density at radius 1 is 1.00 bits per heavy atom. The van der Waals surface area contributed by atoms with E-state index in [0.29, 0.717) is 11.4 Å². The van der Waals surface area contributed by atoms with E-state index >= 15 is 0 Å². The largest absolute Gasteiger partial charge is 0.573 e. The minimum absolute atomic E-state index is 0.253. The predicted octanol–water partition coefficient (Wildman–Crippen LogP) is 4.22. The van der Waals surface area contributed by atoms with Gasteiger partial charge in [0, 0.05) is 17.1 Å². The maximum atomic E-state index is 12.0. The van der Waals surface area contributed by atoms with Crippen LogP contribution in [-0.4, -0.2) is 6.36 Å². The highest BCUT2D eigenvalue weighted by Crippen LogP contribution is 2.26. The van der Waals surface area contributed by atoms with Crippen LogP contribution < -0.4 is 15.8 Å². The minimum Gasteiger partial charge on any atom is -0.406 e. The third kappa shape index (κ3) is 3.81. The van der Waals surface area contributed by atoms with Crippen LogP contribution in [0.3, 0.4) is 0 Å². The third-order valence-electron chi connectivity index (χ3n) is 2.65. The van der Waals surface area contributed by atoms with Crippen molar-refractivity contribution in [1.82, 2.24) is 0 Å². The van der Waals surface area contributed by atoms with Crippen LogP contribution in [0.2, 0.25) is 0 Å². The van der Waals surface area contributed by atoms with Crippen molar-refractivity contribution in [3.05, 3.63) is 48.0 Å². The first-order chi connectivity index (χ1) is 9.33. The van der Waals surface area contributed by atoms with Crippen LogP contribution in [-0.2, 0) is 0 Å². The SMILES string of the molecule is Cc1cc(Nc2ccc(OC(F)(F)F)cc2)ccc1N. The second kappa shape index (κ2) is 5.32. The molecule has 0 aliphatic heterocycles. The number of ether oxygens (including phenoxy) is 1. The van der Waals surface area contributed by atoms with Crippen molar-refractivity contribution in [3.63, 3.8) is 0 Å². The Hall–Kier alpha value is -2.37. The number of hydrogen-bond acceptors (Lipinski definition) is 3. The standard InChI is InChI=1S/C14H13F3N2O/c1-9-8-11(4-7-13(9)18)19-10-2-5-12(6-3-10)20-14(15,16)17/h2-8,19H,18H2,1H3. The molecular weight excluding hydrogens is 269 g/mol. The van der Waals surface area contributed by atoms with Crippen molar-refractivity contribution in [1.29, 1.82) is 0 Å². The molecule has 0 radical (unpaired) electrons. The summed E-state index contributed by atoms with van der Waals surface area (Å²) in [6.07, 6.45) is -4.68. The Labute approximate surface area is 114 Å². The van der Waals surface area contributed by atoms with Gasteiger partial charge in [0.05, 0.1) is 0 Å². The molecule has 2 rings (SSSR count). The number of halogens is 3. The van der Waals surface area contributed by atoms with E-state index in [1.54, 1.807) is 12.1 Å². The van der Waals surface area contributed by atoms with Gasteiger partial charge in [-0.05, 0) is 55.0 Å². The normalized spacial score (nSPS) is 11.2. The summed E-state index contributed by atoms with van der Waals surface area (Å²) in [7, 11) is 0. The third-order valence-corrected chi connectivity index (χ3v) is 2.65. The fraction of sp³-hybridized carbons (Fsp3) is 0.143. The zero-order chi connectivity index (χ0) is 14.8. The van der Waals surface area contributed by atoms with Crippen LogP contribution in [0, 0.1) is 6.92 Å². The molecule has 3 nitrogen and oxygen atoms in total. The quantitative estimate of drug-likeness (QED) is 0.829. The fourth-order valence-corrected chi connectivity index (χ4v) is 1.66. The molecule has 3 N–H and O–H groups in total. The van der Waals surface area contributed by atoms with Crippen LogP contribution in [0.5, 0.6) is 5.75 Å². The molecule has 20 heavy (non-hydrogen) atoms. The lowest BCUT2D eigenvalue weighted by atomic mass is 10.2. The van der Waals surface area contributed by atoms with Crippen molar-refractivity contribution in [2.75, 3.05) is 11.1 Å². The Balaban J connectivity index is 2.08. The molecule has 0 aliphatic carbocycles. The maximum Gasteiger partial charge on any atom is 0.573 e. The highest BCUT2D eigenvalue weighted by Gasteiger charge is 2.30. The van der Waals surface area contributed by atoms with Gasteiger partial charge in [-0.1, -0.05) is 0 Å². The number of rotatable bonds is 3. The number of anilines is 3. The second-order valence-corrected chi connectivity index (χ2v) is 4.27. The van der Waals surface area contributed by atoms with E-state index in [0.717, 1.165) is 11.3 Å². The summed E-state index contributed by atoms with van der Waals surface area (Å²) >= 11 is 0. The Bertz CT molecular complexity index is 594. The van der Waals surface area contributed by atoms with Gasteiger partial charge in [-0.15, -0.1) is 13.2 Å². The first kappa shape index (κ1) is 14.0. The fourth-order valence-electron chi connectivity index (χ4n) is 1.66. The molecular formula is C14H13F3N2O. The Kier molecular flexibility index (Phi) is 3.74. The van der Waals surface area contributed by atoms with Gasteiger partial charge >= 0.3 is 6.36 Å². The topological polar surface area (TPSA) is 47.3 Å². The van der Waals surface area contributed by atoms with Crippen LogP contribution in [0.15, 0.2) is 42.5 Å². The Morgan fingerprint density at radius 2 is 1.60 bits per heavy atom. The number of aryl methyl sites for hydroxylation is 1. The molecule has 0 amide bonds. The Morgan fingerprint density at radius 3 is 2.15 bits per heavy atom. The summed E-state index contributed by atoms with van der Waals surface area (Å²) in [5.74, 6) is -0.253. The van der Waals surface area contributed by atoms with Gasteiger partial charge in [0.15, 0.2) is 0 Å². The number of alkyl halides is 3. The van der Waals surface area contributed by atoms with Crippen LogP contribution >= 0.6 is 0 Å². The number of nitrogen functional groups attached to an aromatic ring is 1. The average Bonchev–Trinajstić information content (AvgIpc) is 2.35.